The van der Waals surface area contributed by atoms with E-state index in [0.717, 1.165) is 4.47 Å². The van der Waals surface area contributed by atoms with E-state index >= 15 is 0 Å². The number of benzene rings is 1. The first kappa shape index (κ1) is 15.7. The molecule has 0 heterocycles. The molecule has 0 aromatic heterocycles. The Morgan fingerprint density at radius 1 is 1.21 bits per heavy atom. The normalized spacial score (nSPS) is 10.1. The SMILES string of the molecule is CCN(CC)C(=O)CN(C)C(=O)c1cccc(Br)c1. The molecular formula is C14H19BrN2O2. The fourth-order valence-corrected chi connectivity index (χ4v) is 2.19. The molecule has 0 radical (unpaired) electrons. The second-order valence-corrected chi connectivity index (χ2v) is 5.15. The molecule has 1 aromatic carbocycles. The topological polar surface area (TPSA) is 40.6 Å². The maximum atomic E-state index is 12.2. The average molecular weight is 327 g/mol. The summed E-state index contributed by atoms with van der Waals surface area (Å²) in [6.07, 6.45) is 0. The highest BCUT2D eigenvalue weighted by Crippen LogP contribution is 2.13. The summed E-state index contributed by atoms with van der Waals surface area (Å²) in [4.78, 5) is 27.3. The molecule has 1 rings (SSSR count). The van der Waals surface area contributed by atoms with Gasteiger partial charge in [-0.3, -0.25) is 9.59 Å². The van der Waals surface area contributed by atoms with Crippen molar-refractivity contribution in [2.75, 3.05) is 26.7 Å². The molecule has 0 saturated heterocycles. The number of rotatable bonds is 5. The molecule has 0 aliphatic rings. The Morgan fingerprint density at radius 2 is 1.84 bits per heavy atom. The zero-order valence-corrected chi connectivity index (χ0v) is 13.1. The quantitative estimate of drug-likeness (QED) is 0.833. The van der Waals surface area contributed by atoms with Crippen LogP contribution in [0.2, 0.25) is 0 Å². The van der Waals surface area contributed by atoms with Crippen LogP contribution < -0.4 is 0 Å². The Balaban J connectivity index is 2.70. The Labute approximate surface area is 122 Å². The largest absolute Gasteiger partial charge is 0.342 e. The standard InChI is InChI=1S/C14H19BrN2O2/c1-4-17(5-2)13(18)10-16(3)14(19)11-7-6-8-12(15)9-11/h6-9H,4-5,10H2,1-3H3. The molecular weight excluding hydrogens is 308 g/mol. The summed E-state index contributed by atoms with van der Waals surface area (Å²) in [5, 5.41) is 0. The lowest BCUT2D eigenvalue weighted by Crippen LogP contribution is -2.41. The van der Waals surface area contributed by atoms with Gasteiger partial charge >= 0.3 is 0 Å². The van der Waals surface area contributed by atoms with Gasteiger partial charge in [0.2, 0.25) is 5.91 Å². The van der Waals surface area contributed by atoms with Crippen LogP contribution in [-0.2, 0) is 4.79 Å². The smallest absolute Gasteiger partial charge is 0.254 e. The van der Waals surface area contributed by atoms with E-state index in [-0.39, 0.29) is 18.4 Å². The number of amides is 2. The number of hydrogen-bond donors (Lipinski definition) is 0. The number of nitrogens with zero attached hydrogens (tertiary/aromatic N) is 2. The summed E-state index contributed by atoms with van der Waals surface area (Å²) >= 11 is 3.33. The van der Waals surface area contributed by atoms with Gasteiger partial charge in [-0.25, -0.2) is 0 Å². The third kappa shape index (κ3) is 4.35. The lowest BCUT2D eigenvalue weighted by molar-refractivity contribution is -0.131. The van der Waals surface area contributed by atoms with Gasteiger partial charge in [0.05, 0.1) is 6.54 Å². The highest BCUT2D eigenvalue weighted by molar-refractivity contribution is 9.10. The minimum Gasteiger partial charge on any atom is -0.342 e. The van der Waals surface area contributed by atoms with Gasteiger partial charge in [0.15, 0.2) is 0 Å². The number of carbonyl (C=O) groups excluding carboxylic acids is 2. The van der Waals surface area contributed by atoms with Crippen LogP contribution in [0.15, 0.2) is 28.7 Å². The molecule has 5 heteroatoms. The maximum absolute atomic E-state index is 12.2. The Hall–Kier alpha value is -1.36. The van der Waals surface area contributed by atoms with E-state index < -0.39 is 0 Å². The predicted molar refractivity (Wildman–Crippen MR) is 79.0 cm³/mol. The average Bonchev–Trinajstić information content (AvgIpc) is 2.39. The Morgan fingerprint density at radius 3 is 2.37 bits per heavy atom. The molecule has 0 bridgehead atoms. The highest BCUT2D eigenvalue weighted by Gasteiger charge is 2.17. The maximum Gasteiger partial charge on any atom is 0.254 e. The zero-order valence-electron chi connectivity index (χ0n) is 11.5. The summed E-state index contributed by atoms with van der Waals surface area (Å²) in [5.41, 5.74) is 0.573. The van der Waals surface area contributed by atoms with Crippen LogP contribution in [-0.4, -0.2) is 48.3 Å². The second-order valence-electron chi connectivity index (χ2n) is 4.24. The van der Waals surface area contributed by atoms with Crippen molar-refractivity contribution in [3.63, 3.8) is 0 Å². The van der Waals surface area contributed by atoms with Crippen molar-refractivity contribution in [3.8, 4) is 0 Å². The monoisotopic (exact) mass is 326 g/mol. The number of likely N-dealkylation sites (N-methyl/N-ethyl adjacent to an activating group) is 2. The Kier molecular flexibility index (Phi) is 6.02. The Bertz CT molecular complexity index is 459. The second kappa shape index (κ2) is 7.28. The molecule has 2 amide bonds. The van der Waals surface area contributed by atoms with Crippen molar-refractivity contribution in [1.29, 1.82) is 0 Å². The van der Waals surface area contributed by atoms with E-state index in [1.807, 2.05) is 19.9 Å². The van der Waals surface area contributed by atoms with Crippen LogP contribution >= 0.6 is 15.9 Å². The van der Waals surface area contributed by atoms with E-state index in [9.17, 15) is 9.59 Å². The molecule has 0 unspecified atom stereocenters. The van der Waals surface area contributed by atoms with Crippen LogP contribution in [0.4, 0.5) is 0 Å². The molecule has 4 nitrogen and oxygen atoms in total. The highest BCUT2D eigenvalue weighted by atomic mass is 79.9. The molecule has 0 atom stereocenters. The van der Waals surface area contributed by atoms with Crippen molar-refractivity contribution < 1.29 is 9.59 Å². The van der Waals surface area contributed by atoms with Gasteiger partial charge in [0.25, 0.3) is 5.91 Å². The van der Waals surface area contributed by atoms with Gasteiger partial charge in [0, 0.05) is 30.2 Å². The van der Waals surface area contributed by atoms with Crippen LogP contribution in [0.5, 0.6) is 0 Å². The summed E-state index contributed by atoms with van der Waals surface area (Å²) in [5.74, 6) is -0.183. The van der Waals surface area contributed by atoms with E-state index in [2.05, 4.69) is 15.9 Å². The molecule has 0 aliphatic heterocycles. The van der Waals surface area contributed by atoms with Crippen molar-refractivity contribution in [2.24, 2.45) is 0 Å². The van der Waals surface area contributed by atoms with Gasteiger partial charge in [-0.2, -0.15) is 0 Å². The summed E-state index contributed by atoms with van der Waals surface area (Å²) < 4.78 is 0.849. The van der Waals surface area contributed by atoms with Crippen LogP contribution in [0.25, 0.3) is 0 Å². The number of carbonyl (C=O) groups is 2. The van der Waals surface area contributed by atoms with Crippen molar-refractivity contribution in [2.45, 2.75) is 13.8 Å². The predicted octanol–water partition coefficient (Wildman–Crippen LogP) is 2.39. The van der Waals surface area contributed by atoms with Gasteiger partial charge in [-0.1, -0.05) is 22.0 Å². The lowest BCUT2D eigenvalue weighted by atomic mass is 10.2. The first-order valence-electron chi connectivity index (χ1n) is 6.28. The number of hydrogen-bond acceptors (Lipinski definition) is 2. The van der Waals surface area contributed by atoms with Gasteiger partial charge in [0.1, 0.15) is 0 Å². The molecule has 0 saturated carbocycles. The molecule has 0 fully saturated rings. The van der Waals surface area contributed by atoms with Crippen molar-refractivity contribution >= 4 is 27.7 Å². The fraction of sp³-hybridized carbons (Fsp3) is 0.429. The van der Waals surface area contributed by atoms with E-state index in [1.54, 1.807) is 30.1 Å². The lowest BCUT2D eigenvalue weighted by Gasteiger charge is -2.23. The third-order valence-corrected chi connectivity index (χ3v) is 3.40. The molecule has 0 aliphatic carbocycles. The first-order chi connectivity index (χ1) is 8.99. The molecule has 0 spiro atoms. The molecule has 19 heavy (non-hydrogen) atoms. The van der Waals surface area contributed by atoms with Crippen molar-refractivity contribution in [1.82, 2.24) is 9.80 Å². The van der Waals surface area contributed by atoms with Crippen molar-refractivity contribution in [3.05, 3.63) is 34.3 Å². The zero-order chi connectivity index (χ0) is 14.4. The van der Waals surface area contributed by atoms with E-state index in [1.165, 1.54) is 4.90 Å². The van der Waals surface area contributed by atoms with E-state index in [0.29, 0.717) is 18.7 Å². The summed E-state index contributed by atoms with van der Waals surface area (Å²) in [6, 6.07) is 7.15. The van der Waals surface area contributed by atoms with Gasteiger partial charge < -0.3 is 9.80 Å². The van der Waals surface area contributed by atoms with Gasteiger partial charge in [-0.15, -0.1) is 0 Å². The summed E-state index contributed by atoms with van der Waals surface area (Å²) in [6.45, 7) is 5.28. The van der Waals surface area contributed by atoms with Gasteiger partial charge in [-0.05, 0) is 32.0 Å². The van der Waals surface area contributed by atoms with Crippen LogP contribution in [0, 0.1) is 0 Å². The minimum atomic E-state index is -0.151. The fourth-order valence-electron chi connectivity index (χ4n) is 1.79. The first-order valence-corrected chi connectivity index (χ1v) is 7.07. The van der Waals surface area contributed by atoms with Crippen LogP contribution in [0.1, 0.15) is 24.2 Å². The molecule has 0 N–H and O–H groups in total. The third-order valence-electron chi connectivity index (χ3n) is 2.91. The molecule has 1 aromatic rings. The van der Waals surface area contributed by atoms with Crippen LogP contribution in [0.3, 0.4) is 0 Å². The minimum absolute atomic E-state index is 0.0316. The molecule has 104 valence electrons. The summed E-state index contributed by atoms with van der Waals surface area (Å²) in [7, 11) is 1.64. The number of halogens is 1. The van der Waals surface area contributed by atoms with E-state index in [4.69, 9.17) is 0 Å².